The fraction of sp³-hybridized carbons (Fsp3) is 0.250. The first-order valence-electron chi connectivity index (χ1n) is 11.1. The van der Waals surface area contributed by atoms with Crippen molar-refractivity contribution in [1.82, 2.24) is 29.0 Å². The number of anilines is 1. The minimum atomic E-state index is -4.56. The maximum atomic E-state index is 13.6. The summed E-state index contributed by atoms with van der Waals surface area (Å²) < 4.78 is 48.4. The molecule has 0 aliphatic carbocycles. The number of imidazole rings is 1. The number of aryl methyl sites for hydroxylation is 1. The molecule has 0 bridgehead atoms. The average molecular weight is 495 g/mol. The van der Waals surface area contributed by atoms with Crippen LogP contribution in [0.3, 0.4) is 0 Å². The predicted octanol–water partition coefficient (Wildman–Crippen LogP) is 3.71. The fourth-order valence-electron chi connectivity index (χ4n) is 4.83. The normalized spacial score (nSPS) is 16.1. The summed E-state index contributed by atoms with van der Waals surface area (Å²) in [5.74, 6) is 0.0875. The van der Waals surface area contributed by atoms with Gasteiger partial charge < -0.3 is 19.8 Å². The molecule has 1 aliphatic heterocycles. The Morgan fingerprint density at radius 1 is 1.19 bits per heavy atom. The Labute approximate surface area is 201 Å². The molecule has 2 N–H and O–H groups in total. The summed E-state index contributed by atoms with van der Waals surface area (Å²) in [5.41, 5.74) is 8.32. The standard InChI is InChI=1S/C24H20F3N7O2/c1-32(17-10-36-11-18-13(17)4-6-20-31-19(9-34(18)20)24(25,26)27)23(35)12-3-5-16-14(7-12)21-15(22(28)30-16)8-29-33(21)2/h3-9,17H,10-11H2,1-2H3,(H2,28,30). The predicted molar refractivity (Wildman–Crippen MR) is 125 cm³/mol. The molecule has 36 heavy (non-hydrogen) atoms. The number of ether oxygens (including phenoxy) is 1. The molecule has 5 heterocycles. The molecule has 1 atom stereocenters. The third-order valence-electron chi connectivity index (χ3n) is 6.68. The Hall–Kier alpha value is -4.19. The lowest BCUT2D eigenvalue weighted by Crippen LogP contribution is -2.36. The molecule has 1 amide bonds. The summed E-state index contributed by atoms with van der Waals surface area (Å²) in [7, 11) is 3.44. The van der Waals surface area contributed by atoms with Gasteiger partial charge >= 0.3 is 6.18 Å². The second kappa shape index (κ2) is 7.65. The van der Waals surface area contributed by atoms with Crippen molar-refractivity contribution in [1.29, 1.82) is 0 Å². The van der Waals surface area contributed by atoms with Gasteiger partial charge in [0.05, 0.1) is 47.6 Å². The number of carbonyl (C=O) groups is 1. The molecular formula is C24H20F3N7O2. The highest BCUT2D eigenvalue weighted by Crippen LogP contribution is 2.34. The number of nitrogens with zero attached hydrogens (tertiary/aromatic N) is 6. The summed E-state index contributed by atoms with van der Waals surface area (Å²) in [6.45, 7) is 0.319. The number of hydrogen-bond donors (Lipinski definition) is 1. The van der Waals surface area contributed by atoms with Crippen LogP contribution in [-0.4, -0.2) is 48.6 Å². The van der Waals surface area contributed by atoms with Gasteiger partial charge in [0.2, 0.25) is 0 Å². The van der Waals surface area contributed by atoms with Crippen LogP contribution in [0.15, 0.2) is 42.7 Å². The molecule has 1 aromatic carbocycles. The number of alkyl halides is 3. The van der Waals surface area contributed by atoms with Crippen molar-refractivity contribution in [3.63, 3.8) is 0 Å². The van der Waals surface area contributed by atoms with Crippen molar-refractivity contribution < 1.29 is 22.7 Å². The Morgan fingerprint density at radius 2 is 2.00 bits per heavy atom. The number of aromatic nitrogens is 5. The van der Waals surface area contributed by atoms with Gasteiger partial charge in [-0.15, -0.1) is 0 Å². The van der Waals surface area contributed by atoms with Crippen LogP contribution < -0.4 is 5.73 Å². The minimum Gasteiger partial charge on any atom is -0.383 e. The van der Waals surface area contributed by atoms with Crippen molar-refractivity contribution in [3.05, 3.63) is 65.2 Å². The van der Waals surface area contributed by atoms with Crippen molar-refractivity contribution in [2.75, 3.05) is 19.4 Å². The van der Waals surface area contributed by atoms with Crippen LogP contribution in [0.1, 0.15) is 33.4 Å². The van der Waals surface area contributed by atoms with Crippen LogP contribution >= 0.6 is 0 Å². The molecular weight excluding hydrogens is 475 g/mol. The number of hydrogen-bond acceptors (Lipinski definition) is 6. The van der Waals surface area contributed by atoms with E-state index in [0.717, 1.165) is 17.1 Å². The molecule has 9 nitrogen and oxygen atoms in total. The largest absolute Gasteiger partial charge is 0.434 e. The van der Waals surface area contributed by atoms with E-state index in [9.17, 15) is 18.0 Å². The van der Waals surface area contributed by atoms with E-state index in [2.05, 4.69) is 15.1 Å². The molecule has 5 aromatic rings. The van der Waals surface area contributed by atoms with E-state index >= 15 is 0 Å². The number of likely N-dealkylation sites (N-methyl/N-ethyl adjacent to an activating group) is 1. The van der Waals surface area contributed by atoms with Gasteiger partial charge in [-0.05, 0) is 29.8 Å². The van der Waals surface area contributed by atoms with Gasteiger partial charge in [0, 0.05) is 31.2 Å². The number of nitrogen functional groups attached to an aromatic ring is 1. The van der Waals surface area contributed by atoms with Crippen LogP contribution in [0, 0.1) is 0 Å². The topological polar surface area (TPSA) is 104 Å². The molecule has 0 fully saturated rings. The molecule has 184 valence electrons. The first-order valence-corrected chi connectivity index (χ1v) is 11.1. The van der Waals surface area contributed by atoms with E-state index in [-0.39, 0.29) is 24.8 Å². The van der Waals surface area contributed by atoms with Gasteiger partial charge in [-0.3, -0.25) is 9.48 Å². The smallest absolute Gasteiger partial charge is 0.383 e. The van der Waals surface area contributed by atoms with Gasteiger partial charge in [-0.1, -0.05) is 6.07 Å². The monoisotopic (exact) mass is 495 g/mol. The number of nitrogens with two attached hydrogens (primary N) is 1. The van der Waals surface area contributed by atoms with E-state index in [0.29, 0.717) is 33.5 Å². The highest BCUT2D eigenvalue weighted by Gasteiger charge is 2.35. The summed E-state index contributed by atoms with van der Waals surface area (Å²) in [4.78, 5) is 23.2. The van der Waals surface area contributed by atoms with E-state index in [1.54, 1.807) is 49.2 Å². The van der Waals surface area contributed by atoms with Gasteiger partial charge in [-0.25, -0.2) is 9.97 Å². The SMILES string of the molecule is CN(C(=O)c1ccc2nc(N)c3cnn(C)c3c2c1)C1COCc2c1ccc1nc(C(F)(F)F)cn21. The summed E-state index contributed by atoms with van der Waals surface area (Å²) in [6, 6.07) is 7.90. The number of pyridine rings is 2. The first-order chi connectivity index (χ1) is 17.1. The Kier molecular flexibility index (Phi) is 4.74. The van der Waals surface area contributed by atoms with E-state index in [1.165, 1.54) is 15.4 Å². The highest BCUT2D eigenvalue weighted by atomic mass is 19.4. The maximum Gasteiger partial charge on any atom is 0.434 e. The van der Waals surface area contributed by atoms with Gasteiger partial charge in [-0.2, -0.15) is 18.3 Å². The molecule has 12 heteroatoms. The summed E-state index contributed by atoms with van der Waals surface area (Å²) in [5, 5.41) is 5.69. The van der Waals surface area contributed by atoms with Crippen LogP contribution in [0.2, 0.25) is 0 Å². The number of rotatable bonds is 2. The van der Waals surface area contributed by atoms with Crippen molar-refractivity contribution >= 4 is 39.2 Å². The lowest BCUT2D eigenvalue weighted by molar-refractivity contribution is -0.140. The minimum absolute atomic E-state index is 0.112. The second-order valence-electron chi connectivity index (χ2n) is 8.79. The van der Waals surface area contributed by atoms with Crippen molar-refractivity contribution in [2.45, 2.75) is 18.8 Å². The third-order valence-corrected chi connectivity index (χ3v) is 6.68. The molecule has 0 saturated carbocycles. The number of halogens is 3. The Bertz CT molecular complexity index is 1690. The van der Waals surface area contributed by atoms with E-state index in [4.69, 9.17) is 10.5 Å². The fourth-order valence-corrected chi connectivity index (χ4v) is 4.83. The molecule has 6 rings (SSSR count). The first kappa shape index (κ1) is 22.3. The van der Waals surface area contributed by atoms with Crippen molar-refractivity contribution in [2.24, 2.45) is 7.05 Å². The second-order valence-corrected chi connectivity index (χ2v) is 8.79. The molecule has 0 radical (unpaired) electrons. The van der Waals surface area contributed by atoms with Crippen molar-refractivity contribution in [3.8, 4) is 0 Å². The zero-order valence-electron chi connectivity index (χ0n) is 19.2. The zero-order valence-corrected chi connectivity index (χ0v) is 19.2. The van der Waals surface area contributed by atoms with Gasteiger partial charge in [0.15, 0.2) is 5.69 Å². The number of amides is 1. The Balaban J connectivity index is 1.40. The number of fused-ring (bicyclic) bond motifs is 6. The zero-order chi connectivity index (χ0) is 25.4. The molecule has 1 unspecified atom stereocenters. The van der Waals surface area contributed by atoms with Crippen LogP contribution in [0.4, 0.5) is 19.0 Å². The molecule has 4 aromatic heterocycles. The highest BCUT2D eigenvalue weighted by molar-refractivity contribution is 6.10. The van der Waals surface area contributed by atoms with Crippen LogP contribution in [0.25, 0.3) is 27.5 Å². The molecule has 0 spiro atoms. The lowest BCUT2D eigenvalue weighted by atomic mass is 10.0. The van der Waals surface area contributed by atoms with E-state index < -0.39 is 17.9 Å². The maximum absolute atomic E-state index is 13.6. The quantitative estimate of drug-likeness (QED) is 0.401. The number of carbonyl (C=O) groups excluding carboxylic acids is 1. The Morgan fingerprint density at radius 3 is 2.78 bits per heavy atom. The van der Waals surface area contributed by atoms with Crippen LogP contribution in [-0.2, 0) is 24.6 Å². The van der Waals surface area contributed by atoms with Gasteiger partial charge in [0.25, 0.3) is 5.91 Å². The summed E-state index contributed by atoms with van der Waals surface area (Å²) >= 11 is 0. The molecule has 1 aliphatic rings. The van der Waals surface area contributed by atoms with E-state index in [1.807, 2.05) is 0 Å². The van der Waals surface area contributed by atoms with Gasteiger partial charge in [0.1, 0.15) is 11.5 Å². The van der Waals surface area contributed by atoms with Crippen LogP contribution in [0.5, 0.6) is 0 Å². The number of benzene rings is 1. The average Bonchev–Trinajstić information content (AvgIpc) is 3.47. The summed E-state index contributed by atoms with van der Waals surface area (Å²) in [6.07, 6.45) is -1.96. The third kappa shape index (κ3) is 3.28. The molecule has 0 saturated heterocycles. The lowest BCUT2D eigenvalue weighted by Gasteiger charge is -2.33.